The van der Waals surface area contributed by atoms with Gasteiger partial charge in [-0.15, -0.1) is 0 Å². The van der Waals surface area contributed by atoms with Crippen molar-refractivity contribution >= 4 is 17.3 Å². The Morgan fingerprint density at radius 1 is 1.43 bits per heavy atom. The molecule has 1 saturated carbocycles. The van der Waals surface area contributed by atoms with Crippen LogP contribution in [-0.2, 0) is 0 Å². The Kier molecular flexibility index (Phi) is 3.25. The number of hydrogen-bond donors (Lipinski definition) is 1. The summed E-state index contributed by atoms with van der Waals surface area (Å²) in [6.45, 7) is 1.05. The van der Waals surface area contributed by atoms with Gasteiger partial charge in [-0.05, 0) is 24.8 Å². The predicted octanol–water partition coefficient (Wildman–Crippen LogP) is 3.34. The lowest BCUT2D eigenvalue weighted by molar-refractivity contribution is 0.580. The third-order valence-electron chi connectivity index (χ3n) is 2.83. The van der Waals surface area contributed by atoms with Crippen LogP contribution in [0, 0.1) is 5.92 Å². The molecule has 0 unspecified atom stereocenters. The van der Waals surface area contributed by atoms with Crippen molar-refractivity contribution in [2.24, 2.45) is 5.92 Å². The van der Waals surface area contributed by atoms with Crippen molar-refractivity contribution in [1.82, 2.24) is 4.98 Å². The van der Waals surface area contributed by atoms with Gasteiger partial charge in [0, 0.05) is 18.9 Å². The van der Waals surface area contributed by atoms with E-state index in [1.807, 2.05) is 6.07 Å². The van der Waals surface area contributed by atoms with Crippen molar-refractivity contribution in [3.8, 4) is 0 Å². The highest BCUT2D eigenvalue weighted by atomic mass is 35.5. The number of rotatable bonds is 3. The van der Waals surface area contributed by atoms with Gasteiger partial charge in [0.25, 0.3) is 0 Å². The van der Waals surface area contributed by atoms with E-state index in [9.17, 15) is 0 Å². The van der Waals surface area contributed by atoms with Crippen molar-refractivity contribution in [3.05, 3.63) is 23.5 Å². The molecule has 1 heterocycles. The summed E-state index contributed by atoms with van der Waals surface area (Å²) in [6, 6.07) is 1.93. The van der Waals surface area contributed by atoms with E-state index in [0.717, 1.165) is 18.2 Å². The van der Waals surface area contributed by atoms with E-state index < -0.39 is 0 Å². The molecule has 1 N–H and O–H groups in total. The number of nitrogens with zero attached hydrogens (tertiary/aromatic N) is 1. The average Bonchev–Trinajstić information content (AvgIpc) is 2.69. The zero-order valence-electron chi connectivity index (χ0n) is 8.17. The maximum atomic E-state index is 5.98. The fraction of sp³-hybridized carbons (Fsp3) is 0.545. The van der Waals surface area contributed by atoms with Crippen molar-refractivity contribution < 1.29 is 0 Å². The molecule has 2 rings (SSSR count). The molecule has 1 aliphatic rings. The molecule has 0 radical (unpaired) electrons. The maximum absolute atomic E-state index is 5.98. The second-order valence-electron chi connectivity index (χ2n) is 3.89. The normalized spacial score (nSPS) is 17.2. The number of aromatic nitrogens is 1. The molecule has 14 heavy (non-hydrogen) atoms. The highest BCUT2D eigenvalue weighted by Crippen LogP contribution is 2.26. The maximum Gasteiger partial charge on any atom is 0.0820 e. The number of hydrogen-bond acceptors (Lipinski definition) is 2. The van der Waals surface area contributed by atoms with Gasteiger partial charge in [0.05, 0.1) is 10.7 Å². The molecule has 2 nitrogen and oxygen atoms in total. The molecule has 0 bridgehead atoms. The first-order chi connectivity index (χ1) is 6.86. The van der Waals surface area contributed by atoms with E-state index in [1.54, 1.807) is 12.4 Å². The summed E-state index contributed by atoms with van der Waals surface area (Å²) in [5.41, 5.74) is 1.01. The van der Waals surface area contributed by atoms with Gasteiger partial charge in [-0.1, -0.05) is 24.4 Å². The number of halogens is 1. The zero-order valence-corrected chi connectivity index (χ0v) is 8.93. The molecule has 0 amide bonds. The van der Waals surface area contributed by atoms with Crippen LogP contribution in [-0.4, -0.2) is 11.5 Å². The Morgan fingerprint density at radius 2 is 2.21 bits per heavy atom. The van der Waals surface area contributed by atoms with Crippen LogP contribution in [0.3, 0.4) is 0 Å². The van der Waals surface area contributed by atoms with Crippen LogP contribution >= 0.6 is 11.6 Å². The summed E-state index contributed by atoms with van der Waals surface area (Å²) < 4.78 is 0. The van der Waals surface area contributed by atoms with Crippen LogP contribution in [0.4, 0.5) is 5.69 Å². The lowest BCUT2D eigenvalue weighted by Gasteiger charge is -2.12. The molecule has 1 aromatic rings. The summed E-state index contributed by atoms with van der Waals surface area (Å²) in [5, 5.41) is 4.10. The van der Waals surface area contributed by atoms with Crippen LogP contribution in [0.15, 0.2) is 18.5 Å². The Hall–Kier alpha value is -0.760. The highest BCUT2D eigenvalue weighted by Gasteiger charge is 2.14. The monoisotopic (exact) mass is 210 g/mol. The van der Waals surface area contributed by atoms with E-state index in [-0.39, 0.29) is 0 Å². The van der Waals surface area contributed by atoms with Crippen LogP contribution in [0.2, 0.25) is 5.02 Å². The minimum Gasteiger partial charge on any atom is -0.383 e. The molecule has 76 valence electrons. The van der Waals surface area contributed by atoms with Gasteiger partial charge in [-0.25, -0.2) is 0 Å². The third kappa shape index (κ3) is 2.38. The topological polar surface area (TPSA) is 24.9 Å². The first kappa shape index (κ1) is 9.78. The second-order valence-corrected chi connectivity index (χ2v) is 4.29. The molecule has 0 aliphatic heterocycles. The lowest BCUT2D eigenvalue weighted by atomic mass is 10.1. The molecule has 0 atom stereocenters. The van der Waals surface area contributed by atoms with Crippen molar-refractivity contribution in [1.29, 1.82) is 0 Å². The molecular formula is C11H15ClN2. The minimum absolute atomic E-state index is 0.713. The molecular weight excluding hydrogens is 196 g/mol. The number of anilines is 1. The standard InChI is InChI=1S/C11H15ClN2/c12-10-8-13-6-5-11(10)14-7-9-3-1-2-4-9/h5-6,8-9H,1-4,7H2,(H,13,14). The van der Waals surface area contributed by atoms with E-state index in [4.69, 9.17) is 11.6 Å². The summed E-state index contributed by atoms with van der Waals surface area (Å²) in [6.07, 6.45) is 8.93. The fourth-order valence-corrected chi connectivity index (χ4v) is 2.17. The van der Waals surface area contributed by atoms with Gasteiger partial charge >= 0.3 is 0 Å². The van der Waals surface area contributed by atoms with Gasteiger partial charge in [0.15, 0.2) is 0 Å². The van der Waals surface area contributed by atoms with Gasteiger partial charge in [-0.3, -0.25) is 4.98 Å². The van der Waals surface area contributed by atoms with E-state index in [2.05, 4.69) is 10.3 Å². The fourth-order valence-electron chi connectivity index (χ4n) is 1.99. The Labute approximate surface area is 89.7 Å². The van der Waals surface area contributed by atoms with E-state index >= 15 is 0 Å². The van der Waals surface area contributed by atoms with Crippen LogP contribution in [0.25, 0.3) is 0 Å². The molecule has 3 heteroatoms. The van der Waals surface area contributed by atoms with E-state index in [0.29, 0.717) is 5.02 Å². The summed E-state index contributed by atoms with van der Waals surface area (Å²) in [4.78, 5) is 3.95. The quantitative estimate of drug-likeness (QED) is 0.828. The van der Waals surface area contributed by atoms with Crippen molar-refractivity contribution in [3.63, 3.8) is 0 Å². The Balaban J connectivity index is 1.88. The smallest absolute Gasteiger partial charge is 0.0820 e. The summed E-state index contributed by atoms with van der Waals surface area (Å²) >= 11 is 5.98. The van der Waals surface area contributed by atoms with Crippen molar-refractivity contribution in [2.45, 2.75) is 25.7 Å². The molecule has 0 saturated heterocycles. The largest absolute Gasteiger partial charge is 0.383 e. The van der Waals surface area contributed by atoms with Gasteiger partial charge in [-0.2, -0.15) is 0 Å². The first-order valence-corrected chi connectivity index (χ1v) is 5.57. The van der Waals surface area contributed by atoms with Gasteiger partial charge < -0.3 is 5.32 Å². The Bertz CT molecular complexity index is 295. The van der Waals surface area contributed by atoms with Gasteiger partial charge in [0.2, 0.25) is 0 Å². The number of pyridine rings is 1. The van der Waals surface area contributed by atoms with Crippen molar-refractivity contribution in [2.75, 3.05) is 11.9 Å². The van der Waals surface area contributed by atoms with Crippen LogP contribution in [0.5, 0.6) is 0 Å². The van der Waals surface area contributed by atoms with E-state index in [1.165, 1.54) is 25.7 Å². The first-order valence-electron chi connectivity index (χ1n) is 5.19. The minimum atomic E-state index is 0.713. The highest BCUT2D eigenvalue weighted by molar-refractivity contribution is 6.33. The van der Waals surface area contributed by atoms with Gasteiger partial charge in [0.1, 0.15) is 0 Å². The van der Waals surface area contributed by atoms with Crippen LogP contribution in [0.1, 0.15) is 25.7 Å². The summed E-state index contributed by atoms with van der Waals surface area (Å²) in [5.74, 6) is 0.833. The SMILES string of the molecule is Clc1cnccc1NCC1CCCC1. The molecule has 0 aromatic carbocycles. The summed E-state index contributed by atoms with van der Waals surface area (Å²) in [7, 11) is 0. The average molecular weight is 211 g/mol. The predicted molar refractivity (Wildman–Crippen MR) is 59.7 cm³/mol. The Morgan fingerprint density at radius 3 is 2.93 bits per heavy atom. The molecule has 0 spiro atoms. The lowest BCUT2D eigenvalue weighted by Crippen LogP contribution is -2.11. The van der Waals surface area contributed by atoms with Crippen LogP contribution < -0.4 is 5.32 Å². The number of nitrogens with one attached hydrogen (secondary N) is 1. The second kappa shape index (κ2) is 4.65. The zero-order chi connectivity index (χ0) is 9.80. The molecule has 1 fully saturated rings. The molecule has 1 aromatic heterocycles. The molecule has 1 aliphatic carbocycles. The third-order valence-corrected chi connectivity index (χ3v) is 3.13.